The molecule has 1 saturated heterocycles. The lowest BCUT2D eigenvalue weighted by atomic mass is 10.0. The van der Waals surface area contributed by atoms with Crippen LogP contribution in [0, 0.1) is 0 Å². The molecule has 1 amide bonds. The van der Waals surface area contributed by atoms with E-state index in [0.717, 1.165) is 49.9 Å². The van der Waals surface area contributed by atoms with Crippen LogP contribution in [0.25, 0.3) is 11.0 Å². The number of imidazole rings is 1. The van der Waals surface area contributed by atoms with Crippen molar-refractivity contribution < 1.29 is 4.79 Å². The molecule has 130 valence electrons. The summed E-state index contributed by atoms with van der Waals surface area (Å²) in [5.74, 6) is 0.190. The number of fused-ring (bicyclic) bond motifs is 1. The molecule has 1 aliphatic heterocycles. The highest BCUT2D eigenvalue weighted by Crippen LogP contribution is 2.24. The quantitative estimate of drug-likeness (QED) is 0.910. The Balaban J connectivity index is 1.56. The number of hydrogen-bond donors (Lipinski definition) is 1. The van der Waals surface area contributed by atoms with Gasteiger partial charge in [-0.2, -0.15) is 0 Å². The zero-order valence-corrected chi connectivity index (χ0v) is 14.5. The van der Waals surface area contributed by atoms with Crippen LogP contribution in [0.3, 0.4) is 0 Å². The van der Waals surface area contributed by atoms with Gasteiger partial charge in [-0.15, -0.1) is 0 Å². The van der Waals surface area contributed by atoms with E-state index < -0.39 is 0 Å². The van der Waals surface area contributed by atoms with Gasteiger partial charge in [0.15, 0.2) is 0 Å². The number of hydrogen-bond acceptors (Lipinski definition) is 3. The maximum Gasteiger partial charge on any atom is 0.326 e. The lowest BCUT2D eigenvalue weighted by Gasteiger charge is -2.32. The molecule has 2 aromatic rings. The molecule has 3 rings (SSSR count). The second-order valence-corrected chi connectivity index (χ2v) is 6.78. The van der Waals surface area contributed by atoms with Gasteiger partial charge in [-0.1, -0.05) is 12.1 Å². The fourth-order valence-corrected chi connectivity index (χ4v) is 3.52. The number of carbonyl (C=O) groups is 1. The maximum absolute atomic E-state index is 12.3. The van der Waals surface area contributed by atoms with Crippen molar-refractivity contribution in [3.63, 3.8) is 0 Å². The number of para-hydroxylation sites is 2. The fraction of sp³-hybridized carbons (Fsp3) is 0.556. The minimum atomic E-state index is -0.00812. The van der Waals surface area contributed by atoms with E-state index >= 15 is 0 Å². The minimum Gasteiger partial charge on any atom is -0.349 e. The SMILES string of the molecule is CN(C)C(=O)CCCN1CCC(n2c(=O)[nH]c3ccccc32)CC1. The van der Waals surface area contributed by atoms with Crippen LogP contribution in [-0.4, -0.2) is 59.0 Å². The Morgan fingerprint density at radius 3 is 2.67 bits per heavy atom. The van der Waals surface area contributed by atoms with Gasteiger partial charge in [0, 0.05) is 39.6 Å². The first-order valence-corrected chi connectivity index (χ1v) is 8.68. The molecule has 1 N–H and O–H groups in total. The molecule has 0 spiro atoms. The molecule has 0 bridgehead atoms. The van der Waals surface area contributed by atoms with Gasteiger partial charge in [-0.25, -0.2) is 4.79 Å². The van der Waals surface area contributed by atoms with Gasteiger partial charge in [-0.3, -0.25) is 9.36 Å². The largest absolute Gasteiger partial charge is 0.349 e. The molecule has 0 atom stereocenters. The predicted molar refractivity (Wildman–Crippen MR) is 95.2 cm³/mol. The molecule has 0 unspecified atom stereocenters. The number of aromatic amines is 1. The topological polar surface area (TPSA) is 61.3 Å². The number of benzene rings is 1. The summed E-state index contributed by atoms with van der Waals surface area (Å²) in [5.41, 5.74) is 1.90. The highest BCUT2D eigenvalue weighted by Gasteiger charge is 2.23. The Labute approximate surface area is 142 Å². The highest BCUT2D eigenvalue weighted by molar-refractivity contribution is 5.75. The molecule has 0 radical (unpaired) electrons. The van der Waals surface area contributed by atoms with Crippen molar-refractivity contribution >= 4 is 16.9 Å². The van der Waals surface area contributed by atoms with Crippen LogP contribution < -0.4 is 5.69 Å². The minimum absolute atomic E-state index is 0.00812. The van der Waals surface area contributed by atoms with Gasteiger partial charge in [-0.05, 0) is 37.9 Å². The van der Waals surface area contributed by atoms with Gasteiger partial charge < -0.3 is 14.8 Å². The first-order valence-electron chi connectivity index (χ1n) is 8.68. The molecular weight excluding hydrogens is 304 g/mol. The molecule has 1 aromatic carbocycles. The molecule has 1 aromatic heterocycles. The monoisotopic (exact) mass is 330 g/mol. The summed E-state index contributed by atoms with van der Waals surface area (Å²) in [6, 6.07) is 8.13. The molecular formula is C18H26N4O2. The van der Waals surface area contributed by atoms with Crippen LogP contribution in [0.4, 0.5) is 0 Å². The van der Waals surface area contributed by atoms with E-state index in [1.54, 1.807) is 19.0 Å². The number of aromatic nitrogens is 2. The number of nitrogens with one attached hydrogen (secondary N) is 1. The average Bonchev–Trinajstić information content (AvgIpc) is 2.91. The number of carbonyl (C=O) groups excluding carboxylic acids is 1. The van der Waals surface area contributed by atoms with Crippen molar-refractivity contribution in [2.45, 2.75) is 31.7 Å². The standard InChI is InChI=1S/C18H26N4O2/c1-20(2)17(23)8-5-11-21-12-9-14(10-13-21)22-16-7-4-3-6-15(16)19-18(22)24/h3-4,6-7,14H,5,8-13H2,1-2H3,(H,19,24). The van der Waals surface area contributed by atoms with Crippen molar-refractivity contribution in [1.29, 1.82) is 0 Å². The first kappa shape index (κ1) is 16.8. The van der Waals surface area contributed by atoms with Crippen LogP contribution in [0.15, 0.2) is 29.1 Å². The summed E-state index contributed by atoms with van der Waals surface area (Å²) in [4.78, 5) is 30.9. The van der Waals surface area contributed by atoms with Crippen molar-refractivity contribution in [1.82, 2.24) is 19.4 Å². The third kappa shape index (κ3) is 3.53. The summed E-state index contributed by atoms with van der Waals surface area (Å²) in [6.45, 7) is 2.91. The Morgan fingerprint density at radius 1 is 1.25 bits per heavy atom. The van der Waals surface area contributed by atoms with E-state index in [-0.39, 0.29) is 17.6 Å². The van der Waals surface area contributed by atoms with E-state index in [2.05, 4.69) is 9.88 Å². The van der Waals surface area contributed by atoms with Crippen LogP contribution >= 0.6 is 0 Å². The van der Waals surface area contributed by atoms with Gasteiger partial charge in [0.05, 0.1) is 11.0 Å². The van der Waals surface area contributed by atoms with E-state index in [1.165, 1.54) is 0 Å². The third-order valence-electron chi connectivity index (χ3n) is 4.91. The van der Waals surface area contributed by atoms with Crippen molar-refractivity contribution in [3.05, 3.63) is 34.7 Å². The Bertz CT molecular complexity index is 754. The van der Waals surface area contributed by atoms with Crippen LogP contribution in [0.1, 0.15) is 31.7 Å². The zero-order chi connectivity index (χ0) is 17.1. The fourth-order valence-electron chi connectivity index (χ4n) is 3.52. The summed E-state index contributed by atoms with van der Waals surface area (Å²) in [7, 11) is 3.60. The van der Waals surface area contributed by atoms with Gasteiger partial charge in [0.25, 0.3) is 0 Å². The number of nitrogens with zero attached hydrogens (tertiary/aromatic N) is 3. The number of amides is 1. The molecule has 6 nitrogen and oxygen atoms in total. The molecule has 1 fully saturated rings. The van der Waals surface area contributed by atoms with E-state index in [1.807, 2.05) is 28.8 Å². The molecule has 24 heavy (non-hydrogen) atoms. The molecule has 0 aliphatic carbocycles. The summed E-state index contributed by atoms with van der Waals surface area (Å²) in [5, 5.41) is 0. The van der Waals surface area contributed by atoms with E-state index in [9.17, 15) is 9.59 Å². The zero-order valence-electron chi connectivity index (χ0n) is 14.5. The summed E-state index contributed by atoms with van der Waals surface area (Å²) in [6.07, 6.45) is 3.45. The Kier molecular flexibility index (Phi) is 5.04. The second-order valence-electron chi connectivity index (χ2n) is 6.78. The molecule has 6 heteroatoms. The van der Waals surface area contributed by atoms with Crippen LogP contribution in [0.2, 0.25) is 0 Å². The van der Waals surface area contributed by atoms with Crippen LogP contribution in [0.5, 0.6) is 0 Å². The maximum atomic E-state index is 12.3. The predicted octanol–water partition coefficient (Wildman–Crippen LogP) is 1.83. The second kappa shape index (κ2) is 7.21. The van der Waals surface area contributed by atoms with E-state index in [0.29, 0.717) is 6.42 Å². The Hall–Kier alpha value is -2.08. The van der Waals surface area contributed by atoms with E-state index in [4.69, 9.17) is 0 Å². The molecule has 0 saturated carbocycles. The lowest BCUT2D eigenvalue weighted by Crippen LogP contribution is -2.37. The molecule has 2 heterocycles. The van der Waals surface area contributed by atoms with Gasteiger partial charge in [0.1, 0.15) is 0 Å². The smallest absolute Gasteiger partial charge is 0.326 e. The van der Waals surface area contributed by atoms with Crippen LogP contribution in [-0.2, 0) is 4.79 Å². The number of likely N-dealkylation sites (tertiary alicyclic amines) is 1. The average molecular weight is 330 g/mol. The summed E-state index contributed by atoms with van der Waals surface area (Å²) < 4.78 is 1.92. The van der Waals surface area contributed by atoms with Gasteiger partial charge in [0.2, 0.25) is 5.91 Å². The highest BCUT2D eigenvalue weighted by atomic mass is 16.2. The third-order valence-corrected chi connectivity index (χ3v) is 4.91. The number of rotatable bonds is 5. The lowest BCUT2D eigenvalue weighted by molar-refractivity contribution is -0.128. The normalized spacial score (nSPS) is 16.6. The first-order chi connectivity index (χ1) is 11.6. The number of H-pyrrole nitrogens is 1. The van der Waals surface area contributed by atoms with Crippen molar-refractivity contribution in [2.75, 3.05) is 33.7 Å². The Morgan fingerprint density at radius 2 is 1.96 bits per heavy atom. The number of piperidine rings is 1. The van der Waals surface area contributed by atoms with Gasteiger partial charge >= 0.3 is 5.69 Å². The van der Waals surface area contributed by atoms with Crippen molar-refractivity contribution in [2.24, 2.45) is 0 Å². The summed E-state index contributed by atoms with van der Waals surface area (Å²) >= 11 is 0. The molecule has 1 aliphatic rings. The van der Waals surface area contributed by atoms with Crippen molar-refractivity contribution in [3.8, 4) is 0 Å².